The summed E-state index contributed by atoms with van der Waals surface area (Å²) in [6, 6.07) is 0.638. The maximum absolute atomic E-state index is 9.51. The van der Waals surface area contributed by atoms with Crippen LogP contribution in [0.25, 0.3) is 0 Å². The third-order valence-corrected chi connectivity index (χ3v) is 3.88. The predicted molar refractivity (Wildman–Crippen MR) is 71.7 cm³/mol. The molecule has 0 saturated carbocycles. The van der Waals surface area contributed by atoms with Gasteiger partial charge in [0.05, 0.1) is 0 Å². The second-order valence-electron chi connectivity index (χ2n) is 5.02. The number of aliphatic hydroxyl groups excluding tert-OH is 1. The molecule has 0 spiro atoms. The Kier molecular flexibility index (Phi) is 8.96. The van der Waals surface area contributed by atoms with Gasteiger partial charge in [-0.15, -0.1) is 0 Å². The lowest BCUT2D eigenvalue weighted by Crippen LogP contribution is -2.41. The normalized spacial score (nSPS) is 12.4. The molecule has 0 atom stereocenters. The second kappa shape index (κ2) is 9.00. The molecule has 0 amide bonds. The quantitative estimate of drug-likeness (QED) is 0.602. The Hall–Kier alpha value is -0.0800. The Balaban J connectivity index is 4.13. The van der Waals surface area contributed by atoms with Gasteiger partial charge in [0.15, 0.2) is 0 Å². The van der Waals surface area contributed by atoms with E-state index in [-0.39, 0.29) is 5.41 Å². The van der Waals surface area contributed by atoms with Crippen LogP contribution in [0.3, 0.4) is 0 Å². The van der Waals surface area contributed by atoms with Crippen molar-refractivity contribution >= 4 is 0 Å². The molecule has 0 saturated heterocycles. The molecule has 16 heavy (non-hydrogen) atoms. The molecule has 98 valence electrons. The highest BCUT2D eigenvalue weighted by Crippen LogP contribution is 2.25. The summed E-state index contributed by atoms with van der Waals surface area (Å²) in [5.74, 6) is 0. The summed E-state index contributed by atoms with van der Waals surface area (Å²) in [4.78, 5) is 0. The van der Waals surface area contributed by atoms with Crippen LogP contribution in [0.4, 0.5) is 0 Å². The SMILES string of the molecule is CCCC(CCC)NCC(CC)(CC)CO. The lowest BCUT2D eigenvalue weighted by molar-refractivity contribution is 0.108. The molecule has 0 aromatic rings. The van der Waals surface area contributed by atoms with Gasteiger partial charge in [-0.1, -0.05) is 40.5 Å². The number of aliphatic hydroxyl groups is 1. The van der Waals surface area contributed by atoms with Crippen LogP contribution in [0.1, 0.15) is 66.2 Å². The van der Waals surface area contributed by atoms with Crippen LogP contribution in [0.5, 0.6) is 0 Å². The largest absolute Gasteiger partial charge is 0.396 e. The summed E-state index contributed by atoms with van der Waals surface area (Å²) in [6.07, 6.45) is 7.09. The van der Waals surface area contributed by atoms with Crippen LogP contribution in [-0.2, 0) is 0 Å². The molecular formula is C14H31NO. The second-order valence-corrected chi connectivity index (χ2v) is 5.02. The van der Waals surface area contributed by atoms with Gasteiger partial charge in [0, 0.05) is 24.6 Å². The van der Waals surface area contributed by atoms with Gasteiger partial charge in [0.25, 0.3) is 0 Å². The molecule has 2 heteroatoms. The fourth-order valence-electron chi connectivity index (χ4n) is 2.19. The van der Waals surface area contributed by atoms with Crippen LogP contribution in [0.15, 0.2) is 0 Å². The molecule has 0 unspecified atom stereocenters. The third kappa shape index (κ3) is 5.31. The average molecular weight is 229 g/mol. The molecule has 0 aliphatic carbocycles. The first-order valence-electron chi connectivity index (χ1n) is 7.02. The minimum Gasteiger partial charge on any atom is -0.396 e. The van der Waals surface area contributed by atoms with E-state index in [1.807, 2.05) is 0 Å². The maximum atomic E-state index is 9.51. The molecule has 0 aromatic carbocycles. The van der Waals surface area contributed by atoms with Crippen LogP contribution in [0.2, 0.25) is 0 Å². The number of rotatable bonds is 10. The van der Waals surface area contributed by atoms with E-state index in [0.29, 0.717) is 12.6 Å². The van der Waals surface area contributed by atoms with Crippen LogP contribution < -0.4 is 5.32 Å². The molecule has 0 heterocycles. The molecule has 0 aliphatic rings. The van der Waals surface area contributed by atoms with E-state index in [4.69, 9.17) is 0 Å². The Morgan fingerprint density at radius 3 is 1.81 bits per heavy atom. The Labute approximate surface area is 102 Å². The first-order chi connectivity index (χ1) is 7.67. The van der Waals surface area contributed by atoms with E-state index in [2.05, 4.69) is 33.0 Å². The monoisotopic (exact) mass is 229 g/mol. The van der Waals surface area contributed by atoms with Crippen LogP contribution in [0, 0.1) is 5.41 Å². The molecule has 0 aromatic heterocycles. The Bertz CT molecular complexity index is 141. The summed E-state index contributed by atoms with van der Waals surface area (Å²) in [7, 11) is 0. The average Bonchev–Trinajstić information content (AvgIpc) is 2.32. The fourth-order valence-corrected chi connectivity index (χ4v) is 2.19. The third-order valence-electron chi connectivity index (χ3n) is 3.88. The highest BCUT2D eigenvalue weighted by atomic mass is 16.3. The smallest absolute Gasteiger partial charge is 0.0499 e. The lowest BCUT2D eigenvalue weighted by Gasteiger charge is -2.32. The summed E-state index contributed by atoms with van der Waals surface area (Å²) < 4.78 is 0. The van der Waals surface area contributed by atoms with Crippen molar-refractivity contribution in [2.24, 2.45) is 5.41 Å². The maximum Gasteiger partial charge on any atom is 0.0499 e. The number of hydrogen-bond acceptors (Lipinski definition) is 2. The van der Waals surface area contributed by atoms with Gasteiger partial charge >= 0.3 is 0 Å². The molecule has 0 rings (SSSR count). The van der Waals surface area contributed by atoms with Gasteiger partial charge in [0.2, 0.25) is 0 Å². The Morgan fingerprint density at radius 1 is 1.00 bits per heavy atom. The van der Waals surface area contributed by atoms with Gasteiger partial charge in [-0.3, -0.25) is 0 Å². The summed E-state index contributed by atoms with van der Waals surface area (Å²) in [5.41, 5.74) is 0.0970. The predicted octanol–water partition coefficient (Wildman–Crippen LogP) is 3.34. The number of hydrogen-bond donors (Lipinski definition) is 2. The van der Waals surface area contributed by atoms with Crippen LogP contribution >= 0.6 is 0 Å². The fraction of sp³-hybridized carbons (Fsp3) is 1.00. The first-order valence-corrected chi connectivity index (χ1v) is 7.02. The van der Waals surface area contributed by atoms with Gasteiger partial charge in [-0.25, -0.2) is 0 Å². The zero-order valence-electron chi connectivity index (χ0n) is 11.7. The van der Waals surface area contributed by atoms with Crippen molar-refractivity contribution in [3.63, 3.8) is 0 Å². The standard InChI is InChI=1S/C14H31NO/c1-5-9-13(10-6-2)15-11-14(7-3,8-4)12-16/h13,15-16H,5-12H2,1-4H3. The minimum absolute atomic E-state index is 0.0970. The Morgan fingerprint density at radius 2 is 1.50 bits per heavy atom. The molecule has 0 aliphatic heterocycles. The first kappa shape index (κ1) is 15.9. The van der Waals surface area contributed by atoms with E-state index in [9.17, 15) is 5.11 Å². The van der Waals surface area contributed by atoms with Crippen molar-refractivity contribution in [1.82, 2.24) is 5.32 Å². The summed E-state index contributed by atoms with van der Waals surface area (Å²) in [6.45, 7) is 10.1. The van der Waals surface area contributed by atoms with E-state index in [0.717, 1.165) is 19.4 Å². The zero-order valence-corrected chi connectivity index (χ0v) is 11.7. The molecule has 2 N–H and O–H groups in total. The van der Waals surface area contributed by atoms with E-state index >= 15 is 0 Å². The summed E-state index contributed by atoms with van der Waals surface area (Å²) >= 11 is 0. The highest BCUT2D eigenvalue weighted by Gasteiger charge is 2.25. The molecule has 0 fully saturated rings. The van der Waals surface area contributed by atoms with Crippen LogP contribution in [-0.4, -0.2) is 24.3 Å². The highest BCUT2D eigenvalue weighted by molar-refractivity contribution is 4.80. The number of nitrogens with one attached hydrogen (secondary N) is 1. The zero-order chi connectivity index (χ0) is 12.4. The van der Waals surface area contributed by atoms with Crippen molar-refractivity contribution in [2.75, 3.05) is 13.2 Å². The minimum atomic E-state index is 0.0970. The molecular weight excluding hydrogens is 198 g/mol. The van der Waals surface area contributed by atoms with Crippen molar-refractivity contribution in [3.8, 4) is 0 Å². The van der Waals surface area contributed by atoms with Gasteiger partial charge in [-0.05, 0) is 25.7 Å². The van der Waals surface area contributed by atoms with Gasteiger partial charge < -0.3 is 10.4 Å². The van der Waals surface area contributed by atoms with E-state index in [1.165, 1.54) is 25.7 Å². The topological polar surface area (TPSA) is 32.3 Å². The van der Waals surface area contributed by atoms with Gasteiger partial charge in [0.1, 0.15) is 0 Å². The molecule has 2 nitrogen and oxygen atoms in total. The lowest BCUT2D eigenvalue weighted by atomic mass is 9.83. The van der Waals surface area contributed by atoms with Crippen molar-refractivity contribution in [2.45, 2.75) is 72.3 Å². The molecule has 0 radical (unpaired) electrons. The van der Waals surface area contributed by atoms with E-state index in [1.54, 1.807) is 0 Å². The van der Waals surface area contributed by atoms with Crippen molar-refractivity contribution in [3.05, 3.63) is 0 Å². The molecule has 0 bridgehead atoms. The van der Waals surface area contributed by atoms with Crippen molar-refractivity contribution < 1.29 is 5.11 Å². The van der Waals surface area contributed by atoms with Crippen molar-refractivity contribution in [1.29, 1.82) is 0 Å². The van der Waals surface area contributed by atoms with Gasteiger partial charge in [-0.2, -0.15) is 0 Å². The van der Waals surface area contributed by atoms with E-state index < -0.39 is 0 Å². The summed E-state index contributed by atoms with van der Waals surface area (Å²) in [5, 5.41) is 13.2.